The van der Waals surface area contributed by atoms with Crippen molar-refractivity contribution in [2.45, 2.75) is 30.7 Å². The van der Waals surface area contributed by atoms with Gasteiger partial charge in [-0.15, -0.1) is 0 Å². The minimum atomic E-state index is -1.62. The molecule has 0 amide bonds. The SMILES string of the molecule is NC(N)=NC(N)=NCC1OC(O)[C@H](O)C(O)C1O. The molecule has 1 aliphatic rings. The van der Waals surface area contributed by atoms with Gasteiger partial charge in [0.2, 0.25) is 5.96 Å². The van der Waals surface area contributed by atoms with E-state index >= 15 is 0 Å². The van der Waals surface area contributed by atoms with Gasteiger partial charge in [0.15, 0.2) is 12.2 Å². The first-order valence-electron chi connectivity index (χ1n) is 5.10. The van der Waals surface area contributed by atoms with Crippen molar-refractivity contribution in [1.82, 2.24) is 0 Å². The van der Waals surface area contributed by atoms with Gasteiger partial charge >= 0.3 is 0 Å². The lowest BCUT2D eigenvalue weighted by molar-refractivity contribution is -0.279. The van der Waals surface area contributed by atoms with Crippen molar-refractivity contribution in [2.24, 2.45) is 27.2 Å². The van der Waals surface area contributed by atoms with Crippen molar-refractivity contribution in [1.29, 1.82) is 0 Å². The number of hydrogen-bond donors (Lipinski definition) is 7. The summed E-state index contributed by atoms with van der Waals surface area (Å²) in [5, 5.41) is 37.5. The molecule has 0 bridgehead atoms. The number of nitrogens with two attached hydrogens (primary N) is 3. The highest BCUT2D eigenvalue weighted by Crippen LogP contribution is 2.19. The van der Waals surface area contributed by atoms with Crippen molar-refractivity contribution in [2.75, 3.05) is 6.54 Å². The number of aliphatic hydroxyl groups excluding tert-OH is 4. The van der Waals surface area contributed by atoms with Gasteiger partial charge < -0.3 is 42.4 Å². The summed E-state index contributed by atoms with van der Waals surface area (Å²) >= 11 is 0. The van der Waals surface area contributed by atoms with Crippen molar-refractivity contribution in [3.05, 3.63) is 0 Å². The summed E-state index contributed by atoms with van der Waals surface area (Å²) in [4.78, 5) is 7.12. The smallest absolute Gasteiger partial charge is 0.218 e. The fourth-order valence-corrected chi connectivity index (χ4v) is 1.43. The van der Waals surface area contributed by atoms with E-state index < -0.39 is 30.7 Å². The van der Waals surface area contributed by atoms with Gasteiger partial charge in [-0.25, -0.2) is 4.99 Å². The highest BCUT2D eigenvalue weighted by molar-refractivity contribution is 5.92. The minimum Gasteiger partial charge on any atom is -0.388 e. The number of aliphatic imine (C=N–C) groups is 2. The molecule has 10 heteroatoms. The van der Waals surface area contributed by atoms with E-state index in [9.17, 15) is 20.4 Å². The lowest BCUT2D eigenvalue weighted by atomic mass is 9.99. The molecule has 0 aromatic carbocycles. The molecule has 0 aromatic rings. The standard InChI is InChI=1S/C8H17N5O5/c9-7(10)13-8(11)12-1-2-3(14)4(15)5(16)6(17)18-2/h2-6,14-17H,1H2,(H6,9,10,11,12,13)/t2?,3?,4?,5-,6?/m1/s1. The number of ether oxygens (including phenoxy) is 1. The van der Waals surface area contributed by atoms with Crippen molar-refractivity contribution in [3.63, 3.8) is 0 Å². The van der Waals surface area contributed by atoms with Crippen LogP contribution in [0, 0.1) is 0 Å². The predicted octanol–water partition coefficient (Wildman–Crippen LogP) is -4.63. The van der Waals surface area contributed by atoms with Crippen LogP contribution in [0.5, 0.6) is 0 Å². The average molecular weight is 263 g/mol. The van der Waals surface area contributed by atoms with E-state index in [1.165, 1.54) is 0 Å². The van der Waals surface area contributed by atoms with Crippen molar-refractivity contribution >= 4 is 11.9 Å². The molecular formula is C8H17N5O5. The molecule has 1 aliphatic heterocycles. The number of rotatable bonds is 2. The first kappa shape index (κ1) is 14.6. The van der Waals surface area contributed by atoms with Crippen molar-refractivity contribution in [3.8, 4) is 0 Å². The quantitative estimate of drug-likeness (QED) is 0.191. The maximum atomic E-state index is 9.58. The Morgan fingerprint density at radius 2 is 1.61 bits per heavy atom. The molecule has 4 unspecified atom stereocenters. The maximum absolute atomic E-state index is 9.58. The third-order valence-electron chi connectivity index (χ3n) is 2.36. The fraction of sp³-hybridized carbons (Fsp3) is 0.750. The number of hydrogen-bond acceptors (Lipinski definition) is 6. The second kappa shape index (κ2) is 5.93. The first-order chi connectivity index (χ1) is 8.32. The molecule has 0 saturated carbocycles. The lowest BCUT2D eigenvalue weighted by Crippen LogP contribution is -2.58. The van der Waals surface area contributed by atoms with Crippen LogP contribution in [0.25, 0.3) is 0 Å². The van der Waals surface area contributed by atoms with Crippen LogP contribution in [-0.2, 0) is 4.74 Å². The Labute approximate surface area is 102 Å². The summed E-state index contributed by atoms with van der Waals surface area (Å²) in [6, 6.07) is 0. The summed E-state index contributed by atoms with van der Waals surface area (Å²) < 4.78 is 4.86. The molecule has 1 rings (SSSR count). The van der Waals surface area contributed by atoms with E-state index in [1.807, 2.05) is 0 Å². The molecule has 10 nitrogen and oxygen atoms in total. The van der Waals surface area contributed by atoms with Gasteiger partial charge in [-0.05, 0) is 0 Å². The van der Waals surface area contributed by atoms with E-state index in [0.717, 1.165) is 0 Å². The molecule has 1 heterocycles. The topological polar surface area (TPSA) is 193 Å². The Morgan fingerprint density at radius 3 is 2.17 bits per heavy atom. The molecule has 0 radical (unpaired) electrons. The van der Waals surface area contributed by atoms with E-state index in [-0.39, 0.29) is 18.5 Å². The van der Waals surface area contributed by atoms with Crippen LogP contribution in [-0.4, -0.2) is 69.6 Å². The molecule has 104 valence electrons. The highest BCUT2D eigenvalue weighted by atomic mass is 16.6. The van der Waals surface area contributed by atoms with Gasteiger partial charge in [0, 0.05) is 0 Å². The normalized spacial score (nSPS) is 37.3. The Kier molecular flexibility index (Phi) is 4.81. The maximum Gasteiger partial charge on any atom is 0.218 e. The largest absolute Gasteiger partial charge is 0.388 e. The van der Waals surface area contributed by atoms with Crippen LogP contribution in [0.1, 0.15) is 0 Å². The summed E-state index contributed by atoms with van der Waals surface area (Å²) in [6.07, 6.45) is -7.20. The zero-order valence-electron chi connectivity index (χ0n) is 9.42. The zero-order valence-corrected chi connectivity index (χ0v) is 9.42. The van der Waals surface area contributed by atoms with Crippen LogP contribution < -0.4 is 17.2 Å². The Hall–Kier alpha value is -1.46. The zero-order chi connectivity index (χ0) is 13.9. The van der Waals surface area contributed by atoms with E-state index in [0.29, 0.717) is 0 Å². The second-order valence-electron chi connectivity index (χ2n) is 3.77. The van der Waals surface area contributed by atoms with Gasteiger partial charge in [-0.2, -0.15) is 4.99 Å². The van der Waals surface area contributed by atoms with Gasteiger partial charge in [-0.3, -0.25) is 0 Å². The third kappa shape index (κ3) is 3.51. The second-order valence-corrected chi connectivity index (χ2v) is 3.77. The Bertz CT molecular complexity index is 345. The van der Waals surface area contributed by atoms with Gasteiger partial charge in [0.25, 0.3) is 0 Å². The average Bonchev–Trinajstić information content (AvgIpc) is 2.28. The van der Waals surface area contributed by atoms with Gasteiger partial charge in [0.05, 0.1) is 6.54 Å². The predicted molar refractivity (Wildman–Crippen MR) is 61.2 cm³/mol. The number of nitrogens with zero attached hydrogens (tertiary/aromatic N) is 2. The fourth-order valence-electron chi connectivity index (χ4n) is 1.43. The Morgan fingerprint density at radius 1 is 1.00 bits per heavy atom. The monoisotopic (exact) mass is 263 g/mol. The Balaban J connectivity index is 2.65. The van der Waals surface area contributed by atoms with Gasteiger partial charge in [-0.1, -0.05) is 0 Å². The summed E-state index contributed by atoms with van der Waals surface area (Å²) in [5.41, 5.74) is 15.5. The molecule has 0 spiro atoms. The van der Waals surface area contributed by atoms with E-state index in [1.54, 1.807) is 0 Å². The highest BCUT2D eigenvalue weighted by Gasteiger charge is 2.42. The van der Waals surface area contributed by atoms with Crippen molar-refractivity contribution < 1.29 is 25.2 Å². The minimum absolute atomic E-state index is 0.190. The molecule has 0 aliphatic carbocycles. The van der Waals surface area contributed by atoms with Crippen LogP contribution in [0.15, 0.2) is 9.98 Å². The first-order valence-corrected chi connectivity index (χ1v) is 5.10. The molecule has 18 heavy (non-hydrogen) atoms. The summed E-state index contributed by atoms with van der Waals surface area (Å²) in [6.45, 7) is -0.190. The molecule has 10 N–H and O–H groups in total. The summed E-state index contributed by atoms with van der Waals surface area (Å²) in [7, 11) is 0. The molecule has 1 saturated heterocycles. The molecular weight excluding hydrogens is 246 g/mol. The number of guanidine groups is 2. The summed E-state index contributed by atoms with van der Waals surface area (Å²) in [5.74, 6) is -0.516. The van der Waals surface area contributed by atoms with Crippen LogP contribution in [0.3, 0.4) is 0 Å². The van der Waals surface area contributed by atoms with Gasteiger partial charge in [0.1, 0.15) is 24.4 Å². The van der Waals surface area contributed by atoms with E-state index in [4.69, 9.17) is 21.9 Å². The number of aliphatic hydroxyl groups is 4. The third-order valence-corrected chi connectivity index (χ3v) is 2.36. The molecule has 1 fully saturated rings. The van der Waals surface area contributed by atoms with Crippen LogP contribution in [0.4, 0.5) is 0 Å². The van der Waals surface area contributed by atoms with Crippen LogP contribution >= 0.6 is 0 Å². The van der Waals surface area contributed by atoms with E-state index in [2.05, 4.69) is 9.98 Å². The van der Waals surface area contributed by atoms with Crippen LogP contribution in [0.2, 0.25) is 0 Å². The molecule has 5 atom stereocenters. The lowest BCUT2D eigenvalue weighted by Gasteiger charge is -2.37. The molecule has 0 aromatic heterocycles.